The summed E-state index contributed by atoms with van der Waals surface area (Å²) in [5, 5.41) is 18.5. The van der Waals surface area contributed by atoms with Crippen molar-refractivity contribution in [2.45, 2.75) is 39.2 Å². The highest BCUT2D eigenvalue weighted by Crippen LogP contribution is 2.21. The molecule has 0 aliphatic heterocycles. The molecule has 0 aliphatic carbocycles. The van der Waals surface area contributed by atoms with Gasteiger partial charge in [-0.05, 0) is 36.5 Å². The van der Waals surface area contributed by atoms with Crippen LogP contribution in [-0.4, -0.2) is 28.8 Å². The summed E-state index contributed by atoms with van der Waals surface area (Å²) >= 11 is 0. The van der Waals surface area contributed by atoms with Gasteiger partial charge in [-0.1, -0.05) is 25.1 Å². The van der Waals surface area contributed by atoms with E-state index in [0.29, 0.717) is 25.0 Å². The van der Waals surface area contributed by atoms with Crippen LogP contribution in [-0.2, 0) is 27.2 Å². The third-order valence-electron chi connectivity index (χ3n) is 3.04. The minimum atomic E-state index is -1.51. The molecule has 0 radical (unpaired) electrons. The molecule has 2 N–H and O–H groups in total. The lowest BCUT2D eigenvalue weighted by Gasteiger charge is -2.13. The number of hydrogen-bond acceptors (Lipinski definition) is 4. The average molecular weight is 280 g/mol. The lowest BCUT2D eigenvalue weighted by Crippen LogP contribution is -2.13. The third kappa shape index (κ3) is 4.35. The minimum absolute atomic E-state index is 0.250. The molecule has 0 fully saturated rings. The molecule has 0 saturated carbocycles. The smallest absolute Gasteiger partial charge is 0.337 e. The molecule has 0 spiro atoms. The molecule has 0 aromatic heterocycles. The van der Waals surface area contributed by atoms with Crippen molar-refractivity contribution >= 4 is 11.9 Å². The van der Waals surface area contributed by atoms with Crippen LogP contribution in [0.5, 0.6) is 0 Å². The highest BCUT2D eigenvalue weighted by molar-refractivity contribution is 5.74. The highest BCUT2D eigenvalue weighted by atomic mass is 16.5. The van der Waals surface area contributed by atoms with E-state index in [-0.39, 0.29) is 12.4 Å². The van der Waals surface area contributed by atoms with Crippen molar-refractivity contribution in [3.63, 3.8) is 0 Å². The van der Waals surface area contributed by atoms with Crippen LogP contribution in [0.3, 0.4) is 0 Å². The number of rotatable bonds is 7. The minimum Gasteiger partial charge on any atom is -0.479 e. The fourth-order valence-corrected chi connectivity index (χ4v) is 2.00. The molecule has 0 aliphatic rings. The van der Waals surface area contributed by atoms with Crippen molar-refractivity contribution < 1.29 is 24.5 Å². The molecule has 1 aromatic carbocycles. The Hall–Kier alpha value is -1.88. The van der Waals surface area contributed by atoms with E-state index in [0.717, 1.165) is 11.1 Å². The summed E-state index contributed by atoms with van der Waals surface area (Å²) < 4.78 is 4.86. The predicted molar refractivity (Wildman–Crippen MR) is 73.4 cm³/mol. The largest absolute Gasteiger partial charge is 0.479 e. The van der Waals surface area contributed by atoms with Crippen LogP contribution in [0.15, 0.2) is 18.2 Å². The van der Waals surface area contributed by atoms with E-state index >= 15 is 0 Å². The number of aryl methyl sites for hydroxylation is 2. The maximum atomic E-state index is 11.3. The Bertz CT molecular complexity index is 481. The molecule has 0 amide bonds. The van der Waals surface area contributed by atoms with Gasteiger partial charge in [0, 0.05) is 6.42 Å². The molecule has 1 rings (SSSR count). The van der Waals surface area contributed by atoms with E-state index in [1.807, 2.05) is 13.0 Å². The number of carbonyl (C=O) groups excluding carboxylic acids is 1. The number of aliphatic hydroxyl groups is 1. The van der Waals surface area contributed by atoms with E-state index in [9.17, 15) is 14.7 Å². The first-order valence-corrected chi connectivity index (χ1v) is 6.67. The summed E-state index contributed by atoms with van der Waals surface area (Å²) in [5.74, 6) is -1.51. The first kappa shape index (κ1) is 16.2. The lowest BCUT2D eigenvalue weighted by atomic mass is 9.96. The number of carboxylic acids is 1. The number of benzene rings is 1. The van der Waals surface area contributed by atoms with Crippen molar-refractivity contribution in [2.75, 3.05) is 6.61 Å². The SMILES string of the molecule is CCOC(=O)CCc1ccc(C(O)C(=O)O)c(CC)c1. The molecular weight excluding hydrogens is 260 g/mol. The van der Waals surface area contributed by atoms with Gasteiger partial charge in [0.1, 0.15) is 0 Å². The Balaban J connectivity index is 2.82. The average Bonchev–Trinajstić information content (AvgIpc) is 2.44. The first-order valence-electron chi connectivity index (χ1n) is 6.67. The number of esters is 1. The summed E-state index contributed by atoms with van der Waals surface area (Å²) in [7, 11) is 0. The quantitative estimate of drug-likeness (QED) is 0.745. The van der Waals surface area contributed by atoms with Crippen molar-refractivity contribution in [3.05, 3.63) is 34.9 Å². The van der Waals surface area contributed by atoms with Crippen LogP contribution >= 0.6 is 0 Å². The summed E-state index contributed by atoms with van der Waals surface area (Å²) in [6.07, 6.45) is -0.0657. The predicted octanol–water partition coefficient (Wildman–Crippen LogP) is 1.86. The van der Waals surface area contributed by atoms with Gasteiger partial charge >= 0.3 is 11.9 Å². The van der Waals surface area contributed by atoms with Gasteiger partial charge in [-0.15, -0.1) is 0 Å². The third-order valence-corrected chi connectivity index (χ3v) is 3.04. The van der Waals surface area contributed by atoms with Crippen LogP contribution in [0, 0.1) is 0 Å². The molecule has 5 nitrogen and oxygen atoms in total. The van der Waals surface area contributed by atoms with Crippen LogP contribution in [0.4, 0.5) is 0 Å². The topological polar surface area (TPSA) is 83.8 Å². The Morgan fingerprint density at radius 1 is 1.30 bits per heavy atom. The number of aliphatic carboxylic acids is 1. The van der Waals surface area contributed by atoms with E-state index < -0.39 is 12.1 Å². The second-order valence-electron chi connectivity index (χ2n) is 4.43. The summed E-state index contributed by atoms with van der Waals surface area (Å²) in [5.41, 5.74) is 2.11. The van der Waals surface area contributed by atoms with Gasteiger partial charge in [0.15, 0.2) is 6.10 Å². The van der Waals surface area contributed by atoms with Gasteiger partial charge in [0.2, 0.25) is 0 Å². The summed E-state index contributed by atoms with van der Waals surface area (Å²) in [6.45, 7) is 4.01. The second kappa shape index (κ2) is 7.65. The molecular formula is C15H20O5. The normalized spacial score (nSPS) is 11.9. The number of aliphatic hydroxyl groups excluding tert-OH is 1. The lowest BCUT2D eigenvalue weighted by molar-refractivity contribution is -0.147. The molecule has 0 heterocycles. The van der Waals surface area contributed by atoms with E-state index in [4.69, 9.17) is 9.84 Å². The van der Waals surface area contributed by atoms with Crippen LogP contribution in [0.2, 0.25) is 0 Å². The van der Waals surface area contributed by atoms with E-state index in [2.05, 4.69) is 0 Å². The fraction of sp³-hybridized carbons (Fsp3) is 0.467. The monoisotopic (exact) mass is 280 g/mol. The fourth-order valence-electron chi connectivity index (χ4n) is 2.00. The van der Waals surface area contributed by atoms with Gasteiger partial charge in [-0.2, -0.15) is 0 Å². The standard InChI is InChI=1S/C15H20O5/c1-3-11-9-10(6-8-13(16)20-4-2)5-7-12(11)14(17)15(18)19/h5,7,9,14,17H,3-4,6,8H2,1-2H3,(H,18,19). The zero-order valence-electron chi connectivity index (χ0n) is 11.8. The highest BCUT2D eigenvalue weighted by Gasteiger charge is 2.19. The van der Waals surface area contributed by atoms with Gasteiger partial charge in [-0.3, -0.25) is 4.79 Å². The summed E-state index contributed by atoms with van der Waals surface area (Å²) in [6, 6.07) is 5.18. The Labute approximate surface area is 118 Å². The zero-order valence-corrected chi connectivity index (χ0v) is 11.8. The Morgan fingerprint density at radius 3 is 2.55 bits per heavy atom. The van der Waals surface area contributed by atoms with Gasteiger partial charge in [-0.25, -0.2) is 4.79 Å². The van der Waals surface area contributed by atoms with Gasteiger partial charge < -0.3 is 14.9 Å². The summed E-state index contributed by atoms with van der Waals surface area (Å²) in [4.78, 5) is 22.1. The van der Waals surface area contributed by atoms with Crippen LogP contribution < -0.4 is 0 Å². The van der Waals surface area contributed by atoms with E-state index in [1.165, 1.54) is 0 Å². The van der Waals surface area contributed by atoms with Crippen molar-refractivity contribution in [3.8, 4) is 0 Å². The molecule has 110 valence electrons. The zero-order chi connectivity index (χ0) is 15.1. The molecule has 1 aromatic rings. The molecule has 0 saturated heterocycles. The maximum Gasteiger partial charge on any atom is 0.337 e. The molecule has 0 bridgehead atoms. The maximum absolute atomic E-state index is 11.3. The van der Waals surface area contributed by atoms with Crippen molar-refractivity contribution in [1.29, 1.82) is 0 Å². The van der Waals surface area contributed by atoms with Crippen LogP contribution in [0.25, 0.3) is 0 Å². The van der Waals surface area contributed by atoms with Crippen molar-refractivity contribution in [1.82, 2.24) is 0 Å². The number of carboxylic acid groups (broad SMARTS) is 1. The van der Waals surface area contributed by atoms with Crippen molar-refractivity contribution in [2.24, 2.45) is 0 Å². The number of carbonyl (C=O) groups is 2. The van der Waals surface area contributed by atoms with E-state index in [1.54, 1.807) is 19.1 Å². The first-order chi connectivity index (χ1) is 9.49. The second-order valence-corrected chi connectivity index (χ2v) is 4.43. The molecule has 1 unspecified atom stereocenters. The Morgan fingerprint density at radius 2 is 2.00 bits per heavy atom. The molecule has 20 heavy (non-hydrogen) atoms. The number of ether oxygens (including phenoxy) is 1. The Kier molecular flexibility index (Phi) is 6.18. The van der Waals surface area contributed by atoms with Gasteiger partial charge in [0.05, 0.1) is 6.61 Å². The van der Waals surface area contributed by atoms with Crippen LogP contribution in [0.1, 0.15) is 43.1 Å². The molecule has 5 heteroatoms. The number of hydrogen-bond donors (Lipinski definition) is 2. The molecule has 1 atom stereocenters. The van der Waals surface area contributed by atoms with Gasteiger partial charge in [0.25, 0.3) is 0 Å².